The van der Waals surface area contributed by atoms with Crippen LogP contribution in [0.15, 0.2) is 24.3 Å². The van der Waals surface area contributed by atoms with Crippen molar-refractivity contribution in [2.75, 3.05) is 32.6 Å². The fourth-order valence-corrected chi connectivity index (χ4v) is 3.37. The van der Waals surface area contributed by atoms with Gasteiger partial charge in [0.15, 0.2) is 0 Å². The lowest BCUT2D eigenvalue weighted by Crippen LogP contribution is -2.31. The second-order valence-corrected chi connectivity index (χ2v) is 9.47. The molecule has 1 N–H and O–H groups in total. The van der Waals surface area contributed by atoms with Gasteiger partial charge in [0.2, 0.25) is 0 Å². The van der Waals surface area contributed by atoms with Crippen LogP contribution in [0.4, 0.5) is 18.9 Å². The molecule has 0 bridgehead atoms. The van der Waals surface area contributed by atoms with Crippen LogP contribution >= 0.6 is 0 Å². The predicted molar refractivity (Wildman–Crippen MR) is 114 cm³/mol. The Morgan fingerprint density at radius 2 is 1.90 bits per heavy atom. The second-order valence-electron chi connectivity index (χ2n) is 9.47. The third kappa shape index (κ3) is 6.57. The number of halogens is 3. The molecule has 1 aliphatic rings. The van der Waals surface area contributed by atoms with E-state index in [4.69, 9.17) is 4.74 Å². The maximum atomic E-state index is 12.8. The Morgan fingerprint density at radius 3 is 2.43 bits per heavy atom. The van der Waals surface area contributed by atoms with Gasteiger partial charge in [0.05, 0.1) is 12.2 Å². The summed E-state index contributed by atoms with van der Waals surface area (Å²) in [5.74, 6) is -1.96. The minimum absolute atomic E-state index is 0.158. The Labute approximate surface area is 177 Å². The molecule has 0 aliphatic heterocycles. The molecule has 168 valence electrons. The quantitative estimate of drug-likeness (QED) is 0.618. The fourth-order valence-electron chi connectivity index (χ4n) is 3.37. The maximum absolute atomic E-state index is 12.8. The smallest absolute Gasteiger partial charge is 0.370 e. The number of likely N-dealkylation sites (N-methyl/N-ethyl adjacent to an activating group) is 1. The molecule has 1 aliphatic carbocycles. The minimum atomic E-state index is -4.94. The Bertz CT molecular complexity index is 796. The first-order chi connectivity index (χ1) is 13.7. The van der Waals surface area contributed by atoms with Crippen LogP contribution in [0.2, 0.25) is 0 Å². The summed E-state index contributed by atoms with van der Waals surface area (Å²) < 4.78 is 44.5. The summed E-state index contributed by atoms with van der Waals surface area (Å²) >= 11 is 0. The van der Waals surface area contributed by atoms with Crippen LogP contribution in [0.1, 0.15) is 58.1 Å². The molecule has 7 heteroatoms. The molecule has 0 saturated heterocycles. The summed E-state index contributed by atoms with van der Waals surface area (Å²) in [6, 6.07) is 5.12. The van der Waals surface area contributed by atoms with E-state index in [9.17, 15) is 18.0 Å². The molecule has 0 heterocycles. The van der Waals surface area contributed by atoms with Crippen molar-refractivity contribution >= 4 is 17.2 Å². The lowest BCUT2D eigenvalue weighted by molar-refractivity contribution is -0.167. The zero-order chi connectivity index (χ0) is 22.7. The number of anilines is 1. The number of ether oxygens (including phenoxy) is 1. The first-order valence-corrected chi connectivity index (χ1v) is 10.2. The van der Waals surface area contributed by atoms with Gasteiger partial charge >= 0.3 is 12.1 Å². The number of carbonyl (C=O) groups excluding carboxylic acids is 1. The van der Waals surface area contributed by atoms with Crippen LogP contribution in [0.25, 0.3) is 5.57 Å². The number of alkyl halides is 3. The van der Waals surface area contributed by atoms with E-state index >= 15 is 0 Å². The number of allylic oxidation sites excluding steroid dienone is 2. The first kappa shape index (κ1) is 24.4. The highest BCUT2D eigenvalue weighted by Gasteiger charge is 2.39. The summed E-state index contributed by atoms with van der Waals surface area (Å²) in [7, 11) is 3.92. The van der Waals surface area contributed by atoms with Crippen LogP contribution in [-0.4, -0.2) is 44.2 Å². The number of nitrogens with one attached hydrogen (secondary N) is 1. The normalized spacial score (nSPS) is 17.1. The van der Waals surface area contributed by atoms with E-state index in [1.807, 2.05) is 38.9 Å². The standard InChI is InChI=1S/C23H33F3N2O2/c1-21(2)11-9-16(10-12-21)18-15-17(22(3,4)30-14-13-28(5)6)7-8-19(18)27-20(29)23(24,25)26/h7-9,15H,10-14H2,1-6H3,(H,27,29). The highest BCUT2D eigenvalue weighted by Crippen LogP contribution is 2.41. The molecule has 1 aromatic rings. The minimum Gasteiger partial charge on any atom is -0.370 e. The number of benzene rings is 1. The van der Waals surface area contributed by atoms with Crippen LogP contribution in [0.5, 0.6) is 0 Å². The number of nitrogens with zero attached hydrogens (tertiary/aromatic N) is 1. The third-order valence-corrected chi connectivity index (χ3v) is 5.54. The molecule has 4 nitrogen and oxygen atoms in total. The van der Waals surface area contributed by atoms with Gasteiger partial charge in [-0.15, -0.1) is 0 Å². The molecule has 1 aromatic carbocycles. The molecule has 0 aromatic heterocycles. The Kier molecular flexibility index (Phi) is 7.41. The maximum Gasteiger partial charge on any atom is 0.471 e. The van der Waals surface area contributed by atoms with Crippen molar-refractivity contribution in [3.63, 3.8) is 0 Å². The van der Waals surface area contributed by atoms with Crippen molar-refractivity contribution in [2.45, 2.75) is 58.7 Å². The molecule has 1 amide bonds. The number of hydrogen-bond acceptors (Lipinski definition) is 3. The van der Waals surface area contributed by atoms with E-state index in [2.05, 4.69) is 25.2 Å². The van der Waals surface area contributed by atoms with Gasteiger partial charge in [-0.1, -0.05) is 26.0 Å². The number of hydrogen-bond donors (Lipinski definition) is 1. The van der Waals surface area contributed by atoms with E-state index in [0.29, 0.717) is 12.2 Å². The van der Waals surface area contributed by atoms with Gasteiger partial charge in [0.1, 0.15) is 0 Å². The first-order valence-electron chi connectivity index (χ1n) is 10.2. The lowest BCUT2D eigenvalue weighted by atomic mass is 9.76. The van der Waals surface area contributed by atoms with E-state index in [0.717, 1.165) is 36.9 Å². The average Bonchev–Trinajstić information content (AvgIpc) is 2.60. The number of carbonyl (C=O) groups is 1. The molecular formula is C23H33F3N2O2. The molecule has 0 fully saturated rings. The van der Waals surface area contributed by atoms with E-state index in [1.165, 1.54) is 0 Å². The van der Waals surface area contributed by atoms with Crippen molar-refractivity contribution in [2.24, 2.45) is 5.41 Å². The number of rotatable bonds is 7. The van der Waals surface area contributed by atoms with Gasteiger partial charge in [-0.2, -0.15) is 13.2 Å². The second kappa shape index (κ2) is 9.10. The van der Waals surface area contributed by atoms with Gasteiger partial charge in [-0.05, 0) is 75.9 Å². The monoisotopic (exact) mass is 426 g/mol. The number of amides is 1. The van der Waals surface area contributed by atoms with Gasteiger partial charge in [0.25, 0.3) is 0 Å². The molecule has 0 atom stereocenters. The molecule has 2 rings (SSSR count). The zero-order valence-corrected chi connectivity index (χ0v) is 18.7. The molecule has 30 heavy (non-hydrogen) atoms. The molecular weight excluding hydrogens is 393 g/mol. The van der Waals surface area contributed by atoms with Crippen LogP contribution in [0.3, 0.4) is 0 Å². The Morgan fingerprint density at radius 1 is 1.23 bits per heavy atom. The highest BCUT2D eigenvalue weighted by molar-refractivity contribution is 5.97. The van der Waals surface area contributed by atoms with E-state index < -0.39 is 17.7 Å². The fraction of sp³-hybridized carbons (Fsp3) is 0.609. The third-order valence-electron chi connectivity index (χ3n) is 5.54. The van der Waals surface area contributed by atoms with Crippen molar-refractivity contribution in [3.8, 4) is 0 Å². The highest BCUT2D eigenvalue weighted by atomic mass is 19.4. The molecule has 0 spiro atoms. The van der Waals surface area contributed by atoms with Crippen LogP contribution in [-0.2, 0) is 15.1 Å². The summed E-state index contributed by atoms with van der Waals surface area (Å²) in [5.41, 5.74) is 2.15. The van der Waals surface area contributed by atoms with Gasteiger partial charge in [-0.3, -0.25) is 4.79 Å². The molecule has 0 saturated carbocycles. The molecule has 0 radical (unpaired) electrons. The van der Waals surface area contributed by atoms with Crippen LogP contribution < -0.4 is 5.32 Å². The van der Waals surface area contributed by atoms with Crippen molar-refractivity contribution < 1.29 is 22.7 Å². The van der Waals surface area contributed by atoms with Crippen molar-refractivity contribution in [1.82, 2.24) is 4.90 Å². The average molecular weight is 427 g/mol. The van der Waals surface area contributed by atoms with Crippen molar-refractivity contribution in [1.29, 1.82) is 0 Å². The lowest BCUT2D eigenvalue weighted by Gasteiger charge is -2.31. The Hall–Kier alpha value is -1.86. The van der Waals surface area contributed by atoms with Gasteiger partial charge in [0, 0.05) is 17.8 Å². The SMILES string of the molecule is CN(C)CCOC(C)(C)c1ccc(NC(=O)C(F)(F)F)c(C2=CCC(C)(C)CC2)c1. The van der Waals surface area contributed by atoms with E-state index in [1.54, 1.807) is 12.1 Å². The summed E-state index contributed by atoms with van der Waals surface area (Å²) in [6.07, 6.45) is -0.354. The predicted octanol–water partition coefficient (Wildman–Crippen LogP) is 5.59. The van der Waals surface area contributed by atoms with Gasteiger partial charge in [-0.25, -0.2) is 0 Å². The summed E-state index contributed by atoms with van der Waals surface area (Å²) in [6.45, 7) is 9.51. The topological polar surface area (TPSA) is 41.6 Å². The summed E-state index contributed by atoms with van der Waals surface area (Å²) in [5, 5.41) is 2.05. The van der Waals surface area contributed by atoms with Crippen molar-refractivity contribution in [3.05, 3.63) is 35.4 Å². The summed E-state index contributed by atoms with van der Waals surface area (Å²) in [4.78, 5) is 13.6. The van der Waals surface area contributed by atoms with Gasteiger partial charge < -0.3 is 15.0 Å². The molecule has 0 unspecified atom stereocenters. The largest absolute Gasteiger partial charge is 0.471 e. The van der Waals surface area contributed by atoms with Crippen LogP contribution in [0, 0.1) is 5.41 Å². The zero-order valence-electron chi connectivity index (χ0n) is 18.7. The van der Waals surface area contributed by atoms with E-state index in [-0.39, 0.29) is 11.1 Å². The Balaban J connectivity index is 2.39.